The monoisotopic (exact) mass is 353 g/mol. The quantitative estimate of drug-likeness (QED) is 0.794. The normalized spacial score (nSPS) is 28.4. The zero-order valence-electron chi connectivity index (χ0n) is 16.1. The maximum absolute atomic E-state index is 4.17. The van der Waals surface area contributed by atoms with Gasteiger partial charge in [0.15, 0.2) is 0 Å². The SMILES string of the molecule is Cc1ccc(N2C(Cc3cn[nH]c3)C(C)NC(C)C23CCNCC3)cc1. The van der Waals surface area contributed by atoms with Gasteiger partial charge in [0, 0.05) is 30.0 Å². The lowest BCUT2D eigenvalue weighted by molar-refractivity contribution is 0.144. The number of piperazine rings is 1. The summed E-state index contributed by atoms with van der Waals surface area (Å²) < 4.78 is 0. The summed E-state index contributed by atoms with van der Waals surface area (Å²) in [6, 6.07) is 10.4. The number of aryl methyl sites for hydroxylation is 1. The summed E-state index contributed by atoms with van der Waals surface area (Å²) in [5, 5.41) is 14.6. The smallest absolute Gasteiger partial charge is 0.0580 e. The molecule has 3 N–H and O–H groups in total. The molecule has 0 amide bonds. The van der Waals surface area contributed by atoms with Crippen LogP contribution in [0.25, 0.3) is 0 Å². The highest BCUT2D eigenvalue weighted by Crippen LogP contribution is 2.40. The lowest BCUT2D eigenvalue weighted by Crippen LogP contribution is -2.75. The van der Waals surface area contributed by atoms with Gasteiger partial charge in [0.2, 0.25) is 0 Å². The minimum atomic E-state index is 0.154. The number of benzene rings is 1. The van der Waals surface area contributed by atoms with Gasteiger partial charge in [-0.25, -0.2) is 0 Å². The summed E-state index contributed by atoms with van der Waals surface area (Å²) in [5.74, 6) is 0. The molecule has 0 saturated carbocycles. The highest BCUT2D eigenvalue weighted by molar-refractivity contribution is 5.54. The van der Waals surface area contributed by atoms with Crippen LogP contribution < -0.4 is 15.5 Å². The molecule has 2 aliphatic rings. The molecule has 26 heavy (non-hydrogen) atoms. The first-order valence-electron chi connectivity index (χ1n) is 9.90. The van der Waals surface area contributed by atoms with Crippen LogP contribution in [-0.2, 0) is 6.42 Å². The molecule has 0 radical (unpaired) electrons. The Labute approximate surface area is 156 Å². The molecular formula is C21H31N5. The van der Waals surface area contributed by atoms with Crippen molar-refractivity contribution in [1.82, 2.24) is 20.8 Å². The van der Waals surface area contributed by atoms with E-state index in [9.17, 15) is 0 Å². The van der Waals surface area contributed by atoms with E-state index >= 15 is 0 Å². The van der Waals surface area contributed by atoms with Crippen molar-refractivity contribution in [3.63, 3.8) is 0 Å². The minimum absolute atomic E-state index is 0.154. The van der Waals surface area contributed by atoms with Gasteiger partial charge in [0.25, 0.3) is 0 Å². The fraction of sp³-hybridized carbons (Fsp3) is 0.571. The number of anilines is 1. The molecule has 2 aliphatic heterocycles. The van der Waals surface area contributed by atoms with Gasteiger partial charge in [0.1, 0.15) is 0 Å². The zero-order chi connectivity index (χ0) is 18.1. The third-order valence-corrected chi connectivity index (χ3v) is 6.49. The van der Waals surface area contributed by atoms with Crippen LogP contribution in [0.2, 0.25) is 0 Å². The predicted octanol–water partition coefficient (Wildman–Crippen LogP) is 2.64. The van der Waals surface area contributed by atoms with Gasteiger partial charge in [-0.05, 0) is 70.8 Å². The van der Waals surface area contributed by atoms with Crippen molar-refractivity contribution in [2.24, 2.45) is 0 Å². The highest BCUT2D eigenvalue weighted by atomic mass is 15.3. The Morgan fingerprint density at radius 1 is 1.15 bits per heavy atom. The number of H-pyrrole nitrogens is 1. The van der Waals surface area contributed by atoms with E-state index in [1.165, 1.54) is 29.7 Å². The van der Waals surface area contributed by atoms with Crippen molar-refractivity contribution in [2.75, 3.05) is 18.0 Å². The van der Waals surface area contributed by atoms with Crippen molar-refractivity contribution in [3.8, 4) is 0 Å². The van der Waals surface area contributed by atoms with Crippen molar-refractivity contribution >= 4 is 5.69 Å². The third-order valence-electron chi connectivity index (χ3n) is 6.49. The summed E-state index contributed by atoms with van der Waals surface area (Å²) in [7, 11) is 0. The molecule has 3 atom stereocenters. The fourth-order valence-electron chi connectivity index (χ4n) is 5.01. The van der Waals surface area contributed by atoms with Crippen molar-refractivity contribution in [2.45, 2.75) is 63.7 Å². The first kappa shape index (κ1) is 17.6. The van der Waals surface area contributed by atoms with E-state index in [0.717, 1.165) is 19.5 Å². The molecule has 3 unspecified atom stereocenters. The molecular weight excluding hydrogens is 322 g/mol. The number of aromatic amines is 1. The lowest BCUT2D eigenvalue weighted by Gasteiger charge is -2.60. The van der Waals surface area contributed by atoms with Crippen LogP contribution in [0.1, 0.15) is 37.8 Å². The molecule has 0 bridgehead atoms. The van der Waals surface area contributed by atoms with E-state index in [4.69, 9.17) is 0 Å². The number of rotatable bonds is 3. The Morgan fingerprint density at radius 3 is 2.54 bits per heavy atom. The van der Waals surface area contributed by atoms with Gasteiger partial charge in [-0.1, -0.05) is 17.7 Å². The van der Waals surface area contributed by atoms with Gasteiger partial charge in [0.05, 0.1) is 11.7 Å². The molecule has 5 nitrogen and oxygen atoms in total. The van der Waals surface area contributed by atoms with E-state index in [0.29, 0.717) is 18.1 Å². The Bertz CT molecular complexity index is 703. The summed E-state index contributed by atoms with van der Waals surface area (Å²) in [6.45, 7) is 9.03. The summed E-state index contributed by atoms with van der Waals surface area (Å²) in [6.07, 6.45) is 7.34. The number of piperidine rings is 1. The largest absolute Gasteiger partial charge is 0.359 e. The second-order valence-corrected chi connectivity index (χ2v) is 8.11. The number of nitrogens with zero attached hydrogens (tertiary/aromatic N) is 2. The molecule has 140 valence electrons. The van der Waals surface area contributed by atoms with E-state index in [-0.39, 0.29) is 5.54 Å². The molecule has 2 aromatic rings. The average Bonchev–Trinajstić information content (AvgIpc) is 3.15. The number of hydrogen-bond donors (Lipinski definition) is 3. The van der Waals surface area contributed by atoms with Crippen LogP contribution in [0.3, 0.4) is 0 Å². The van der Waals surface area contributed by atoms with Crippen LogP contribution in [0.5, 0.6) is 0 Å². The standard InChI is InChI=1S/C21H31N5/c1-15-4-6-19(7-5-15)26-20(12-18-13-23-24-14-18)16(2)25-17(3)21(26)8-10-22-11-9-21/h4-7,13-14,16-17,20,22,25H,8-12H2,1-3H3,(H,23,24). The van der Waals surface area contributed by atoms with Gasteiger partial charge in [-0.3, -0.25) is 5.10 Å². The Balaban J connectivity index is 1.77. The number of nitrogens with one attached hydrogen (secondary N) is 3. The Hall–Kier alpha value is -1.85. The summed E-state index contributed by atoms with van der Waals surface area (Å²) in [4.78, 5) is 2.76. The lowest BCUT2D eigenvalue weighted by atomic mass is 9.74. The van der Waals surface area contributed by atoms with Crippen molar-refractivity contribution in [3.05, 3.63) is 47.8 Å². The second-order valence-electron chi connectivity index (χ2n) is 8.11. The van der Waals surface area contributed by atoms with Gasteiger partial charge in [-0.15, -0.1) is 0 Å². The highest BCUT2D eigenvalue weighted by Gasteiger charge is 2.50. The second kappa shape index (κ2) is 7.05. The first-order valence-corrected chi connectivity index (χ1v) is 9.90. The van der Waals surface area contributed by atoms with Gasteiger partial charge < -0.3 is 15.5 Å². The van der Waals surface area contributed by atoms with Crippen molar-refractivity contribution < 1.29 is 0 Å². The molecule has 2 fully saturated rings. The fourth-order valence-corrected chi connectivity index (χ4v) is 5.01. The van der Waals surface area contributed by atoms with Gasteiger partial charge >= 0.3 is 0 Å². The molecule has 0 aliphatic carbocycles. The predicted molar refractivity (Wildman–Crippen MR) is 107 cm³/mol. The molecule has 2 saturated heterocycles. The summed E-state index contributed by atoms with van der Waals surface area (Å²) >= 11 is 0. The zero-order valence-corrected chi connectivity index (χ0v) is 16.1. The molecule has 4 rings (SSSR count). The van der Waals surface area contributed by atoms with E-state index < -0.39 is 0 Å². The van der Waals surface area contributed by atoms with Crippen LogP contribution >= 0.6 is 0 Å². The van der Waals surface area contributed by atoms with Crippen LogP contribution in [-0.4, -0.2) is 47.0 Å². The number of hydrogen-bond acceptors (Lipinski definition) is 4. The molecule has 1 aromatic heterocycles. The van der Waals surface area contributed by atoms with Crippen LogP contribution in [0, 0.1) is 6.92 Å². The Morgan fingerprint density at radius 2 is 1.88 bits per heavy atom. The minimum Gasteiger partial charge on any atom is -0.359 e. The molecule has 3 heterocycles. The van der Waals surface area contributed by atoms with Gasteiger partial charge in [-0.2, -0.15) is 5.10 Å². The Kier molecular flexibility index (Phi) is 4.76. The maximum atomic E-state index is 4.17. The van der Waals surface area contributed by atoms with Crippen LogP contribution in [0.15, 0.2) is 36.7 Å². The van der Waals surface area contributed by atoms with Crippen molar-refractivity contribution in [1.29, 1.82) is 0 Å². The van der Waals surface area contributed by atoms with Crippen LogP contribution in [0.4, 0.5) is 5.69 Å². The third kappa shape index (κ3) is 3.03. The van der Waals surface area contributed by atoms with E-state index in [1.807, 2.05) is 12.4 Å². The van der Waals surface area contributed by atoms with E-state index in [1.54, 1.807) is 0 Å². The first-order chi connectivity index (χ1) is 12.6. The molecule has 1 aromatic carbocycles. The maximum Gasteiger partial charge on any atom is 0.0580 e. The molecule has 5 heteroatoms. The average molecular weight is 354 g/mol. The molecule has 1 spiro atoms. The number of aromatic nitrogens is 2. The topological polar surface area (TPSA) is 56.0 Å². The van der Waals surface area contributed by atoms with E-state index in [2.05, 4.69) is 70.8 Å². The summed E-state index contributed by atoms with van der Waals surface area (Å²) in [5.41, 5.74) is 4.10.